The van der Waals surface area contributed by atoms with Gasteiger partial charge >= 0.3 is 5.97 Å². The Morgan fingerprint density at radius 3 is 2.29 bits per heavy atom. The van der Waals surface area contributed by atoms with Crippen LogP contribution >= 0.6 is 0 Å². The van der Waals surface area contributed by atoms with Crippen molar-refractivity contribution < 1.29 is 31.1 Å². The number of carboxylic acids is 1. The van der Waals surface area contributed by atoms with Gasteiger partial charge in [-0.25, -0.2) is 26.0 Å². The number of nitrogens with one attached hydrogen (secondary N) is 1. The number of hydrogen-bond donors (Lipinski definition) is 2. The van der Waals surface area contributed by atoms with Crippen LogP contribution in [0.1, 0.15) is 27.9 Å². The number of nitrogens with zero attached hydrogens (tertiary/aromatic N) is 1. The van der Waals surface area contributed by atoms with E-state index in [2.05, 4.69) is 4.72 Å². The molecule has 0 atom stereocenters. The summed E-state index contributed by atoms with van der Waals surface area (Å²) in [7, 11) is -7.84. The minimum absolute atomic E-state index is 0.0475. The molecule has 0 fully saturated rings. The summed E-state index contributed by atoms with van der Waals surface area (Å²) in [6.07, 6.45) is 1.22. The summed E-state index contributed by atoms with van der Waals surface area (Å²) < 4.78 is 68.7. The number of sulfonamides is 2. The molecule has 1 aliphatic heterocycles. The average molecular weight is 505 g/mol. The third-order valence-corrected chi connectivity index (χ3v) is 8.48. The molecule has 0 radical (unpaired) electrons. The zero-order chi connectivity index (χ0) is 24.5. The number of hydrogen-bond acceptors (Lipinski definition) is 5. The Labute approximate surface area is 196 Å². The first-order chi connectivity index (χ1) is 16.0. The molecule has 2 N–H and O–H groups in total. The van der Waals surface area contributed by atoms with Gasteiger partial charge in [-0.1, -0.05) is 18.2 Å². The van der Waals surface area contributed by atoms with Gasteiger partial charge in [0.25, 0.3) is 10.0 Å². The van der Waals surface area contributed by atoms with Crippen LogP contribution in [0.25, 0.3) is 0 Å². The molecule has 178 valence electrons. The summed E-state index contributed by atoms with van der Waals surface area (Å²) in [6.45, 7) is 0.207. The molecule has 0 saturated carbocycles. The van der Waals surface area contributed by atoms with Crippen molar-refractivity contribution in [3.63, 3.8) is 0 Å². The highest BCUT2D eigenvalue weighted by Gasteiger charge is 2.29. The summed E-state index contributed by atoms with van der Waals surface area (Å²) in [5.74, 6) is -2.05. The predicted molar refractivity (Wildman–Crippen MR) is 125 cm³/mol. The van der Waals surface area contributed by atoms with Crippen LogP contribution in [0.4, 0.5) is 15.8 Å². The lowest BCUT2D eigenvalue weighted by Gasteiger charge is -2.31. The molecule has 3 aromatic rings. The molecule has 34 heavy (non-hydrogen) atoms. The maximum Gasteiger partial charge on any atom is 0.335 e. The number of carboxylic acid groups (broad SMARTS) is 1. The fraction of sp³-hybridized carbons (Fsp3) is 0.174. The van der Waals surface area contributed by atoms with Crippen LogP contribution in [0.5, 0.6) is 0 Å². The lowest BCUT2D eigenvalue weighted by molar-refractivity contribution is 0.0697. The molecule has 3 aromatic carbocycles. The Kier molecular flexibility index (Phi) is 6.32. The van der Waals surface area contributed by atoms with Crippen molar-refractivity contribution in [2.45, 2.75) is 23.5 Å². The third kappa shape index (κ3) is 5.05. The van der Waals surface area contributed by atoms with Gasteiger partial charge in [0.05, 0.1) is 27.6 Å². The van der Waals surface area contributed by atoms with Crippen molar-refractivity contribution in [2.24, 2.45) is 0 Å². The van der Waals surface area contributed by atoms with E-state index >= 15 is 0 Å². The first-order valence-electron chi connectivity index (χ1n) is 10.3. The van der Waals surface area contributed by atoms with Crippen molar-refractivity contribution in [3.8, 4) is 0 Å². The highest BCUT2D eigenvalue weighted by Crippen LogP contribution is 2.34. The van der Waals surface area contributed by atoms with Gasteiger partial charge in [-0.3, -0.25) is 9.03 Å². The quantitative estimate of drug-likeness (QED) is 0.507. The van der Waals surface area contributed by atoms with E-state index in [4.69, 9.17) is 5.11 Å². The average Bonchev–Trinajstić information content (AvgIpc) is 2.78. The zero-order valence-corrected chi connectivity index (χ0v) is 19.4. The van der Waals surface area contributed by atoms with E-state index in [1.54, 1.807) is 12.1 Å². The Balaban J connectivity index is 1.59. The smallest absolute Gasteiger partial charge is 0.335 e. The molecule has 1 heterocycles. The Hall–Kier alpha value is -3.44. The van der Waals surface area contributed by atoms with Crippen LogP contribution in [0, 0.1) is 5.82 Å². The van der Waals surface area contributed by atoms with E-state index in [1.165, 1.54) is 46.8 Å². The van der Waals surface area contributed by atoms with Gasteiger partial charge in [0.1, 0.15) is 5.82 Å². The van der Waals surface area contributed by atoms with E-state index in [0.29, 0.717) is 24.1 Å². The molecule has 0 aliphatic carbocycles. The van der Waals surface area contributed by atoms with Gasteiger partial charge in [-0.15, -0.1) is 0 Å². The van der Waals surface area contributed by atoms with Crippen molar-refractivity contribution in [3.05, 3.63) is 89.2 Å². The van der Waals surface area contributed by atoms with Crippen molar-refractivity contribution >= 4 is 37.4 Å². The van der Waals surface area contributed by atoms with Crippen LogP contribution in [0.2, 0.25) is 0 Å². The lowest BCUT2D eigenvalue weighted by Crippen LogP contribution is -2.35. The topological polar surface area (TPSA) is 121 Å². The summed E-state index contributed by atoms with van der Waals surface area (Å²) in [6, 6.07) is 14.8. The minimum Gasteiger partial charge on any atom is -0.478 e. The fourth-order valence-electron chi connectivity index (χ4n) is 3.77. The molecule has 0 amide bonds. The predicted octanol–water partition coefficient (Wildman–Crippen LogP) is 3.61. The normalized spacial score (nSPS) is 13.9. The summed E-state index contributed by atoms with van der Waals surface area (Å²) in [4.78, 5) is 10.9. The lowest BCUT2D eigenvalue weighted by atomic mass is 10.0. The number of carbonyl (C=O) groups is 1. The molecule has 8 nitrogen and oxygen atoms in total. The molecule has 0 bridgehead atoms. The molecule has 4 rings (SSSR count). The number of anilines is 2. The second-order valence-electron chi connectivity index (χ2n) is 7.84. The van der Waals surface area contributed by atoms with Crippen LogP contribution in [-0.2, 0) is 32.2 Å². The van der Waals surface area contributed by atoms with Gasteiger partial charge in [0.15, 0.2) is 0 Å². The standard InChI is InChI=1S/C23H21FN2O6S2/c24-19-8-11-21(12-9-19)34(31,32)26-13-1-2-17-7-10-20(14-22(17)26)25-33(29,30)15-16-3-5-18(6-4-16)23(27)28/h3-12,14,25H,1-2,13,15H2,(H,27,28). The van der Waals surface area contributed by atoms with Crippen LogP contribution in [0.15, 0.2) is 71.6 Å². The SMILES string of the molecule is O=C(O)c1ccc(CS(=O)(=O)Nc2ccc3c(c2)N(S(=O)(=O)c2ccc(F)cc2)CCC3)cc1. The molecule has 0 saturated heterocycles. The molecule has 0 aromatic heterocycles. The van der Waals surface area contributed by atoms with Crippen molar-refractivity contribution in [1.82, 2.24) is 0 Å². The third-order valence-electron chi connectivity index (χ3n) is 5.39. The first-order valence-corrected chi connectivity index (χ1v) is 13.4. The van der Waals surface area contributed by atoms with E-state index in [1.807, 2.05) is 0 Å². The van der Waals surface area contributed by atoms with Gasteiger partial charge < -0.3 is 5.11 Å². The fourth-order valence-corrected chi connectivity index (χ4v) is 6.49. The number of halogens is 1. The van der Waals surface area contributed by atoms with Gasteiger partial charge in [-0.2, -0.15) is 0 Å². The second-order valence-corrected chi connectivity index (χ2v) is 11.4. The monoisotopic (exact) mass is 504 g/mol. The first kappa shape index (κ1) is 23.7. The van der Waals surface area contributed by atoms with Crippen molar-refractivity contribution in [1.29, 1.82) is 0 Å². The number of aryl methyl sites for hydroxylation is 1. The van der Waals surface area contributed by atoms with E-state index in [-0.39, 0.29) is 28.4 Å². The highest BCUT2D eigenvalue weighted by molar-refractivity contribution is 7.93. The number of fused-ring (bicyclic) bond motifs is 1. The highest BCUT2D eigenvalue weighted by atomic mass is 32.2. The Morgan fingerprint density at radius 2 is 1.65 bits per heavy atom. The number of benzene rings is 3. The maximum atomic E-state index is 13.3. The Bertz CT molecular complexity index is 1440. The molecule has 11 heteroatoms. The molecule has 1 aliphatic rings. The van der Waals surface area contributed by atoms with Gasteiger partial charge in [0, 0.05) is 6.54 Å². The number of aromatic carboxylic acids is 1. The van der Waals surface area contributed by atoms with Crippen LogP contribution < -0.4 is 9.03 Å². The molecular formula is C23H21FN2O6S2. The Morgan fingerprint density at radius 1 is 0.971 bits per heavy atom. The number of rotatable bonds is 7. The van der Waals surface area contributed by atoms with Gasteiger partial charge in [-0.05, 0) is 72.5 Å². The van der Waals surface area contributed by atoms with Crippen LogP contribution in [-0.4, -0.2) is 34.5 Å². The molecule has 0 unspecified atom stereocenters. The zero-order valence-electron chi connectivity index (χ0n) is 17.8. The molecule has 0 spiro atoms. The van der Waals surface area contributed by atoms with E-state index in [9.17, 15) is 26.0 Å². The molecular weight excluding hydrogens is 483 g/mol. The summed E-state index contributed by atoms with van der Waals surface area (Å²) in [5, 5.41) is 8.97. The largest absolute Gasteiger partial charge is 0.478 e. The second kappa shape index (κ2) is 9.07. The minimum atomic E-state index is -3.97. The van der Waals surface area contributed by atoms with Crippen LogP contribution in [0.3, 0.4) is 0 Å². The van der Waals surface area contributed by atoms with Crippen molar-refractivity contribution in [2.75, 3.05) is 15.6 Å². The van der Waals surface area contributed by atoms with Gasteiger partial charge in [0.2, 0.25) is 10.0 Å². The van der Waals surface area contributed by atoms with E-state index < -0.39 is 31.8 Å². The van der Waals surface area contributed by atoms with E-state index in [0.717, 1.165) is 17.7 Å². The summed E-state index contributed by atoms with van der Waals surface area (Å²) >= 11 is 0. The summed E-state index contributed by atoms with van der Waals surface area (Å²) in [5.41, 5.74) is 1.76. The maximum absolute atomic E-state index is 13.3.